The highest BCUT2D eigenvalue weighted by Crippen LogP contribution is 2.23. The Kier molecular flexibility index (Phi) is 9.11. The second kappa shape index (κ2) is 11.8. The number of benzene rings is 2. The summed E-state index contributed by atoms with van der Waals surface area (Å²) in [6.45, 7) is 2.25. The van der Waals surface area contributed by atoms with E-state index in [1.165, 1.54) is 5.56 Å². The van der Waals surface area contributed by atoms with Crippen LogP contribution in [0.25, 0.3) is 0 Å². The van der Waals surface area contributed by atoms with E-state index >= 15 is 0 Å². The Morgan fingerprint density at radius 2 is 1.83 bits per heavy atom. The average Bonchev–Trinajstić information content (AvgIpc) is 2.69. The number of anilines is 1. The number of esters is 1. The van der Waals surface area contributed by atoms with E-state index in [2.05, 4.69) is 10.6 Å². The second-order valence-corrected chi connectivity index (χ2v) is 7.09. The lowest BCUT2D eigenvalue weighted by Gasteiger charge is -2.11. The van der Waals surface area contributed by atoms with Gasteiger partial charge in [-0.3, -0.25) is 9.59 Å². The lowest BCUT2D eigenvalue weighted by atomic mass is 10.1. The van der Waals surface area contributed by atoms with Crippen LogP contribution >= 0.6 is 12.2 Å². The normalized spacial score (nSPS) is 10.2. The molecule has 0 saturated heterocycles. The van der Waals surface area contributed by atoms with Gasteiger partial charge in [0.1, 0.15) is 5.75 Å². The number of hydrogen-bond donors (Lipinski definition) is 3. The van der Waals surface area contributed by atoms with Crippen molar-refractivity contribution in [2.45, 2.75) is 39.0 Å². The zero-order valence-electron chi connectivity index (χ0n) is 16.4. The third kappa shape index (κ3) is 8.74. The Morgan fingerprint density at radius 1 is 1.07 bits per heavy atom. The lowest BCUT2D eigenvalue weighted by Crippen LogP contribution is -2.34. The molecule has 0 heterocycles. The van der Waals surface area contributed by atoms with Gasteiger partial charge in [-0.2, -0.15) is 0 Å². The quantitative estimate of drug-likeness (QED) is 0.250. The van der Waals surface area contributed by atoms with Crippen molar-refractivity contribution in [3.05, 3.63) is 59.7 Å². The Balaban J connectivity index is 1.58. The maximum atomic E-state index is 11.9. The number of amides is 1. The van der Waals surface area contributed by atoms with Crippen molar-refractivity contribution in [1.82, 2.24) is 5.32 Å². The summed E-state index contributed by atoms with van der Waals surface area (Å²) in [4.78, 5) is 23.7. The Bertz CT molecular complexity index is 840. The number of hydrogen-bond acceptors (Lipinski definition) is 5. The minimum Gasteiger partial charge on any atom is -0.506 e. The molecule has 6 nitrogen and oxygen atoms in total. The maximum absolute atomic E-state index is 11.9. The summed E-state index contributed by atoms with van der Waals surface area (Å²) in [6.07, 6.45) is 2.33. The number of aromatic hydroxyl groups is 1. The third-order valence-corrected chi connectivity index (χ3v) is 4.36. The largest absolute Gasteiger partial charge is 0.506 e. The van der Waals surface area contributed by atoms with Gasteiger partial charge in [0.05, 0.1) is 12.3 Å². The van der Waals surface area contributed by atoms with Crippen LogP contribution in [0.1, 0.15) is 36.8 Å². The molecule has 7 heteroatoms. The predicted molar refractivity (Wildman–Crippen MR) is 117 cm³/mol. The maximum Gasteiger partial charge on any atom is 0.305 e. The van der Waals surface area contributed by atoms with E-state index in [4.69, 9.17) is 17.0 Å². The highest BCUT2D eigenvalue weighted by molar-refractivity contribution is 7.80. The van der Waals surface area contributed by atoms with Gasteiger partial charge in [-0.05, 0) is 61.7 Å². The van der Waals surface area contributed by atoms with Crippen LogP contribution in [0.15, 0.2) is 48.5 Å². The van der Waals surface area contributed by atoms with Crippen LogP contribution in [-0.4, -0.2) is 28.7 Å². The van der Waals surface area contributed by atoms with Crippen LogP contribution < -0.4 is 10.6 Å². The van der Waals surface area contributed by atoms with E-state index in [0.29, 0.717) is 18.7 Å². The zero-order valence-corrected chi connectivity index (χ0v) is 17.3. The second-order valence-electron chi connectivity index (χ2n) is 6.69. The van der Waals surface area contributed by atoms with Gasteiger partial charge in [0.15, 0.2) is 5.11 Å². The standard InChI is InChI=1S/C22H26N2O4S/c1-16-12-13-19(25)18(15-16)23-22(29)24-20(26)10-5-11-21(27)28-14-6-9-17-7-3-2-4-8-17/h2-4,7-8,12-13,15,25H,5-6,9-11,14H2,1H3,(H2,23,24,26,29). The number of phenolic OH excluding ortho intramolecular Hbond substituents is 1. The molecule has 2 aromatic carbocycles. The summed E-state index contributed by atoms with van der Waals surface area (Å²) in [6, 6.07) is 15.1. The van der Waals surface area contributed by atoms with Gasteiger partial charge in [0.2, 0.25) is 5.91 Å². The molecule has 0 bridgehead atoms. The molecule has 0 aliphatic heterocycles. The predicted octanol–water partition coefficient (Wildman–Crippen LogP) is 3.86. The first kappa shape index (κ1) is 22.4. The van der Waals surface area contributed by atoms with E-state index < -0.39 is 0 Å². The first-order chi connectivity index (χ1) is 13.9. The van der Waals surface area contributed by atoms with Crippen LogP contribution in [0.5, 0.6) is 5.75 Å². The van der Waals surface area contributed by atoms with Crippen LogP contribution in [0, 0.1) is 6.92 Å². The fourth-order valence-corrected chi connectivity index (χ4v) is 2.89. The van der Waals surface area contributed by atoms with E-state index in [1.807, 2.05) is 37.3 Å². The monoisotopic (exact) mass is 414 g/mol. The number of thiocarbonyl (C=S) groups is 1. The fraction of sp³-hybridized carbons (Fsp3) is 0.318. The minimum atomic E-state index is -0.309. The molecule has 0 saturated carbocycles. The number of rotatable bonds is 9. The summed E-state index contributed by atoms with van der Waals surface area (Å²) < 4.78 is 5.19. The van der Waals surface area contributed by atoms with Gasteiger partial charge in [0.25, 0.3) is 0 Å². The van der Waals surface area contributed by atoms with Crippen LogP contribution in [0.2, 0.25) is 0 Å². The molecule has 0 atom stereocenters. The van der Waals surface area contributed by atoms with E-state index in [1.54, 1.807) is 18.2 Å². The lowest BCUT2D eigenvalue weighted by molar-refractivity contribution is -0.143. The van der Waals surface area contributed by atoms with Crippen molar-refractivity contribution in [3.8, 4) is 5.75 Å². The van der Waals surface area contributed by atoms with E-state index in [0.717, 1.165) is 18.4 Å². The number of aryl methyl sites for hydroxylation is 2. The molecule has 2 aromatic rings. The van der Waals surface area contributed by atoms with E-state index in [9.17, 15) is 14.7 Å². The molecule has 0 aliphatic carbocycles. The molecular formula is C22H26N2O4S. The molecule has 3 N–H and O–H groups in total. The number of phenols is 1. The summed E-state index contributed by atoms with van der Waals surface area (Å²) in [5.74, 6) is -0.565. The fourth-order valence-electron chi connectivity index (χ4n) is 2.67. The molecule has 0 unspecified atom stereocenters. The summed E-state index contributed by atoms with van der Waals surface area (Å²) in [5.41, 5.74) is 2.58. The van der Waals surface area contributed by atoms with Crippen molar-refractivity contribution in [1.29, 1.82) is 0 Å². The summed E-state index contributed by atoms with van der Waals surface area (Å²) >= 11 is 5.08. The smallest absolute Gasteiger partial charge is 0.305 e. The molecule has 0 spiro atoms. The van der Waals surface area contributed by atoms with Crippen LogP contribution in [0.4, 0.5) is 5.69 Å². The molecule has 154 valence electrons. The highest BCUT2D eigenvalue weighted by atomic mass is 32.1. The molecule has 29 heavy (non-hydrogen) atoms. The molecule has 0 aromatic heterocycles. The van der Waals surface area contributed by atoms with Gasteiger partial charge >= 0.3 is 5.97 Å². The molecule has 0 aliphatic rings. The van der Waals surface area contributed by atoms with Crippen molar-refractivity contribution in [2.24, 2.45) is 0 Å². The highest BCUT2D eigenvalue weighted by Gasteiger charge is 2.09. The van der Waals surface area contributed by atoms with Crippen molar-refractivity contribution in [2.75, 3.05) is 11.9 Å². The van der Waals surface area contributed by atoms with E-state index in [-0.39, 0.29) is 35.6 Å². The SMILES string of the molecule is Cc1ccc(O)c(NC(=S)NC(=O)CCCC(=O)OCCCc2ccccc2)c1. The number of nitrogens with one attached hydrogen (secondary N) is 2. The molecule has 1 amide bonds. The van der Waals surface area contributed by atoms with Gasteiger partial charge in [-0.1, -0.05) is 36.4 Å². The van der Waals surface area contributed by atoms with Gasteiger partial charge in [-0.15, -0.1) is 0 Å². The molecule has 0 radical (unpaired) electrons. The molecule has 0 fully saturated rings. The zero-order chi connectivity index (χ0) is 21.1. The van der Waals surface area contributed by atoms with Crippen LogP contribution in [-0.2, 0) is 20.7 Å². The third-order valence-electron chi connectivity index (χ3n) is 4.15. The first-order valence-corrected chi connectivity index (χ1v) is 9.95. The summed E-state index contributed by atoms with van der Waals surface area (Å²) in [7, 11) is 0. The van der Waals surface area contributed by atoms with Crippen molar-refractivity contribution in [3.63, 3.8) is 0 Å². The van der Waals surface area contributed by atoms with Crippen LogP contribution in [0.3, 0.4) is 0 Å². The van der Waals surface area contributed by atoms with Crippen molar-refractivity contribution >= 4 is 34.9 Å². The molecular weight excluding hydrogens is 388 g/mol. The van der Waals surface area contributed by atoms with Crippen molar-refractivity contribution < 1.29 is 19.4 Å². The Morgan fingerprint density at radius 3 is 2.59 bits per heavy atom. The van der Waals surface area contributed by atoms with Gasteiger partial charge in [-0.25, -0.2) is 0 Å². The number of carbonyl (C=O) groups excluding carboxylic acids is 2. The Labute approximate surface area is 176 Å². The van der Waals surface area contributed by atoms with Gasteiger partial charge in [0, 0.05) is 12.8 Å². The molecule has 2 rings (SSSR count). The minimum absolute atomic E-state index is 0.0437. The first-order valence-electron chi connectivity index (χ1n) is 9.54. The number of carbonyl (C=O) groups is 2. The summed E-state index contributed by atoms with van der Waals surface area (Å²) in [5, 5.41) is 15.2. The Hall–Kier alpha value is -2.93. The average molecular weight is 415 g/mol. The van der Waals surface area contributed by atoms with Gasteiger partial charge < -0.3 is 20.5 Å². The topological polar surface area (TPSA) is 87.7 Å². The number of ether oxygens (including phenoxy) is 1.